The maximum absolute atomic E-state index is 13.7. The van der Waals surface area contributed by atoms with Crippen molar-refractivity contribution in [1.29, 1.82) is 0 Å². The lowest BCUT2D eigenvalue weighted by Crippen LogP contribution is -2.38. The van der Waals surface area contributed by atoms with Gasteiger partial charge >= 0.3 is 0 Å². The fourth-order valence-electron chi connectivity index (χ4n) is 3.85. The standard InChI is InChI=1S/C27H37N3O4S.ClH/c1-6-9-10-19-34-21-13-11-20(12-14-21)26(31)30(18-17-29(7-2)8-3)27-28-24-22(32-4)15-16-23(33-5)25(24)35-27;/h11-16H,6-10,17-19H2,1-5H3;1H. The van der Waals surface area contributed by atoms with Crippen LogP contribution in [0.4, 0.5) is 5.13 Å². The van der Waals surface area contributed by atoms with Gasteiger partial charge < -0.3 is 19.1 Å². The highest BCUT2D eigenvalue weighted by molar-refractivity contribution is 7.22. The Morgan fingerprint density at radius 2 is 1.58 bits per heavy atom. The Labute approximate surface area is 224 Å². The molecular weight excluding hydrogens is 498 g/mol. The van der Waals surface area contributed by atoms with E-state index in [2.05, 4.69) is 25.7 Å². The van der Waals surface area contributed by atoms with Crippen LogP contribution in [0.25, 0.3) is 10.2 Å². The normalized spacial score (nSPS) is 10.8. The first-order valence-corrected chi connectivity index (χ1v) is 13.2. The van der Waals surface area contributed by atoms with Gasteiger partial charge in [-0.05, 0) is 55.9 Å². The Kier molecular flexibility index (Phi) is 12.3. The molecular formula is C27H38ClN3O4S. The van der Waals surface area contributed by atoms with E-state index in [0.29, 0.717) is 40.9 Å². The van der Waals surface area contributed by atoms with Crippen LogP contribution < -0.4 is 19.1 Å². The average molecular weight is 536 g/mol. The van der Waals surface area contributed by atoms with Crippen LogP contribution in [-0.2, 0) is 0 Å². The fourth-order valence-corrected chi connectivity index (χ4v) is 4.95. The number of hydrogen-bond donors (Lipinski definition) is 0. The van der Waals surface area contributed by atoms with Gasteiger partial charge in [0.25, 0.3) is 5.91 Å². The monoisotopic (exact) mass is 535 g/mol. The molecule has 1 aromatic heterocycles. The molecule has 3 rings (SSSR count). The zero-order chi connectivity index (χ0) is 25.2. The van der Waals surface area contributed by atoms with Gasteiger partial charge in [-0.25, -0.2) is 4.98 Å². The molecule has 3 aromatic rings. The Balaban J connectivity index is 0.00000456. The number of halogens is 1. The van der Waals surface area contributed by atoms with Crippen molar-refractivity contribution in [3.8, 4) is 17.2 Å². The molecule has 0 aliphatic heterocycles. The number of hydrogen-bond acceptors (Lipinski definition) is 7. The summed E-state index contributed by atoms with van der Waals surface area (Å²) in [6.45, 7) is 10.2. The maximum atomic E-state index is 13.7. The van der Waals surface area contributed by atoms with E-state index in [1.807, 2.05) is 36.4 Å². The molecule has 0 saturated heterocycles. The summed E-state index contributed by atoms with van der Waals surface area (Å²) in [5, 5.41) is 0.625. The fraction of sp³-hybridized carbons (Fsp3) is 0.481. The van der Waals surface area contributed by atoms with E-state index in [1.165, 1.54) is 11.3 Å². The minimum atomic E-state index is -0.0910. The second-order valence-corrected chi connectivity index (χ2v) is 9.19. The third-order valence-corrected chi connectivity index (χ3v) is 7.12. The largest absolute Gasteiger partial charge is 0.495 e. The van der Waals surface area contributed by atoms with Gasteiger partial charge in [-0.15, -0.1) is 12.4 Å². The highest BCUT2D eigenvalue weighted by atomic mass is 35.5. The number of methoxy groups -OCH3 is 2. The molecule has 0 aliphatic carbocycles. The van der Waals surface area contributed by atoms with Crippen molar-refractivity contribution in [2.24, 2.45) is 0 Å². The van der Waals surface area contributed by atoms with Crippen LogP contribution in [-0.4, -0.2) is 62.8 Å². The predicted molar refractivity (Wildman–Crippen MR) is 151 cm³/mol. The summed E-state index contributed by atoms with van der Waals surface area (Å²) in [4.78, 5) is 22.6. The van der Waals surface area contributed by atoms with Gasteiger partial charge in [0.05, 0.1) is 20.8 Å². The van der Waals surface area contributed by atoms with Crippen molar-refractivity contribution in [3.63, 3.8) is 0 Å². The van der Waals surface area contributed by atoms with E-state index in [9.17, 15) is 4.79 Å². The lowest BCUT2D eigenvalue weighted by Gasteiger charge is -2.24. The van der Waals surface area contributed by atoms with Crippen molar-refractivity contribution < 1.29 is 19.0 Å². The molecule has 0 atom stereocenters. The van der Waals surface area contributed by atoms with Crippen molar-refractivity contribution >= 4 is 45.0 Å². The number of unbranched alkanes of at least 4 members (excludes halogenated alkanes) is 2. The van der Waals surface area contributed by atoms with Crippen LogP contribution in [0.2, 0.25) is 0 Å². The van der Waals surface area contributed by atoms with Crippen molar-refractivity contribution in [3.05, 3.63) is 42.0 Å². The SMILES string of the molecule is CCCCCOc1ccc(C(=O)N(CCN(CC)CC)c2nc3c(OC)ccc(OC)c3s2)cc1.Cl. The van der Waals surface area contributed by atoms with Crippen LogP contribution >= 0.6 is 23.7 Å². The van der Waals surface area contributed by atoms with Gasteiger partial charge in [-0.2, -0.15) is 0 Å². The quantitative estimate of drug-likeness (QED) is 0.226. The second-order valence-electron chi connectivity index (χ2n) is 8.21. The first kappa shape index (κ1) is 29.7. The number of anilines is 1. The highest BCUT2D eigenvalue weighted by Crippen LogP contribution is 2.40. The van der Waals surface area contributed by atoms with Gasteiger partial charge in [-0.1, -0.05) is 44.9 Å². The topological polar surface area (TPSA) is 64.1 Å². The van der Waals surface area contributed by atoms with E-state index in [-0.39, 0.29) is 18.3 Å². The molecule has 0 N–H and O–H groups in total. The number of amides is 1. The molecule has 0 bridgehead atoms. The third kappa shape index (κ3) is 7.24. The number of thiazole rings is 1. The number of likely N-dealkylation sites (N-methyl/N-ethyl adjacent to an activating group) is 1. The number of carbonyl (C=O) groups excluding carboxylic acids is 1. The van der Waals surface area contributed by atoms with Gasteiger partial charge in [0.1, 0.15) is 27.5 Å². The summed E-state index contributed by atoms with van der Waals surface area (Å²) in [5.41, 5.74) is 1.30. The van der Waals surface area contributed by atoms with E-state index in [0.717, 1.165) is 49.3 Å². The van der Waals surface area contributed by atoms with Gasteiger partial charge in [0, 0.05) is 18.7 Å². The maximum Gasteiger partial charge on any atom is 0.260 e. The van der Waals surface area contributed by atoms with Crippen LogP contribution in [0.3, 0.4) is 0 Å². The van der Waals surface area contributed by atoms with E-state index in [4.69, 9.17) is 19.2 Å². The predicted octanol–water partition coefficient (Wildman–Crippen LogP) is 6.29. The van der Waals surface area contributed by atoms with Crippen molar-refractivity contribution in [2.75, 3.05) is 51.9 Å². The molecule has 0 saturated carbocycles. The summed E-state index contributed by atoms with van der Waals surface area (Å²) in [7, 11) is 3.26. The molecule has 0 radical (unpaired) electrons. The van der Waals surface area contributed by atoms with Crippen molar-refractivity contribution in [1.82, 2.24) is 9.88 Å². The third-order valence-electron chi connectivity index (χ3n) is 6.03. The number of carbonyl (C=O) groups is 1. The summed E-state index contributed by atoms with van der Waals surface area (Å²) in [6.07, 6.45) is 3.33. The number of ether oxygens (including phenoxy) is 3. The number of nitrogens with zero attached hydrogens (tertiary/aromatic N) is 3. The van der Waals surface area contributed by atoms with Gasteiger partial charge in [-0.3, -0.25) is 9.69 Å². The minimum absolute atomic E-state index is 0. The Hall–Kier alpha value is -2.55. The van der Waals surface area contributed by atoms with Gasteiger partial charge in [0.15, 0.2) is 5.13 Å². The summed E-state index contributed by atoms with van der Waals surface area (Å²) in [5.74, 6) is 2.06. The Morgan fingerprint density at radius 1 is 0.917 bits per heavy atom. The summed E-state index contributed by atoms with van der Waals surface area (Å²) >= 11 is 1.44. The zero-order valence-electron chi connectivity index (χ0n) is 21.9. The van der Waals surface area contributed by atoms with Crippen molar-refractivity contribution in [2.45, 2.75) is 40.0 Å². The first-order valence-electron chi connectivity index (χ1n) is 12.3. The molecule has 0 spiro atoms. The number of benzene rings is 2. The van der Waals surface area contributed by atoms with Crippen LogP contribution in [0, 0.1) is 0 Å². The lowest BCUT2D eigenvalue weighted by molar-refractivity contribution is 0.0983. The summed E-state index contributed by atoms with van der Waals surface area (Å²) < 4.78 is 17.7. The highest BCUT2D eigenvalue weighted by Gasteiger charge is 2.24. The smallest absolute Gasteiger partial charge is 0.260 e. The summed E-state index contributed by atoms with van der Waals surface area (Å²) in [6, 6.07) is 11.1. The van der Waals surface area contributed by atoms with Crippen LogP contribution in [0.15, 0.2) is 36.4 Å². The minimum Gasteiger partial charge on any atom is -0.495 e. The first-order chi connectivity index (χ1) is 17.1. The number of aromatic nitrogens is 1. The number of fused-ring (bicyclic) bond motifs is 1. The van der Waals surface area contributed by atoms with Gasteiger partial charge in [0.2, 0.25) is 0 Å². The molecule has 7 nitrogen and oxygen atoms in total. The molecule has 1 amide bonds. The average Bonchev–Trinajstić information content (AvgIpc) is 3.34. The lowest BCUT2D eigenvalue weighted by atomic mass is 10.2. The molecule has 0 fully saturated rings. The van der Waals surface area contributed by atoms with E-state index >= 15 is 0 Å². The molecule has 9 heteroatoms. The number of rotatable bonds is 14. The van der Waals surface area contributed by atoms with Crippen LogP contribution in [0.5, 0.6) is 17.2 Å². The van der Waals surface area contributed by atoms with E-state index in [1.54, 1.807) is 19.1 Å². The molecule has 1 heterocycles. The Morgan fingerprint density at radius 3 is 2.19 bits per heavy atom. The zero-order valence-corrected chi connectivity index (χ0v) is 23.5. The second kappa shape index (κ2) is 14.9. The Bertz CT molecular complexity index is 1050. The molecule has 2 aromatic carbocycles. The van der Waals surface area contributed by atoms with Crippen LogP contribution in [0.1, 0.15) is 50.4 Å². The molecule has 36 heavy (non-hydrogen) atoms. The van der Waals surface area contributed by atoms with E-state index < -0.39 is 0 Å². The molecule has 198 valence electrons. The molecule has 0 unspecified atom stereocenters. The molecule has 0 aliphatic rings.